The molecule has 1 fully saturated rings. The van der Waals surface area contributed by atoms with E-state index in [1.54, 1.807) is 11.8 Å². The Bertz CT molecular complexity index is 520. The lowest BCUT2D eigenvalue weighted by molar-refractivity contribution is -0.137. The number of carbonyl (C=O) groups excluding carboxylic acids is 1. The van der Waals surface area contributed by atoms with Gasteiger partial charge in [0.05, 0.1) is 5.25 Å². The maximum atomic E-state index is 12.6. The van der Waals surface area contributed by atoms with Crippen LogP contribution in [0.4, 0.5) is 0 Å². The highest BCUT2D eigenvalue weighted by Gasteiger charge is 2.27. The van der Waals surface area contributed by atoms with Crippen molar-refractivity contribution in [2.24, 2.45) is 5.92 Å². The summed E-state index contributed by atoms with van der Waals surface area (Å²) in [6.07, 6.45) is 2.88. The Labute approximate surface area is 142 Å². The standard InChI is InChI=1S/C18H25NO3S/c1-14(23-13-16-6-3-2-4-7-16)18(22)19-11-5-8-15(12-19)9-10-17(20)21/h2-4,6-7,14-15H,5,8-13H2,1H3,(H,20,21). The van der Waals surface area contributed by atoms with Crippen molar-refractivity contribution in [3.8, 4) is 0 Å². The Hall–Kier alpha value is -1.49. The highest BCUT2D eigenvalue weighted by Crippen LogP contribution is 2.25. The summed E-state index contributed by atoms with van der Waals surface area (Å²) in [4.78, 5) is 25.2. The molecular formula is C18H25NO3S. The fourth-order valence-electron chi connectivity index (χ4n) is 2.95. The van der Waals surface area contributed by atoms with Crippen LogP contribution in [-0.2, 0) is 15.3 Å². The van der Waals surface area contributed by atoms with Crippen molar-refractivity contribution in [2.75, 3.05) is 13.1 Å². The highest BCUT2D eigenvalue weighted by atomic mass is 32.2. The highest BCUT2D eigenvalue weighted by molar-refractivity contribution is 7.99. The first-order valence-electron chi connectivity index (χ1n) is 8.22. The molecule has 1 saturated heterocycles. The molecule has 1 aromatic carbocycles. The van der Waals surface area contributed by atoms with Gasteiger partial charge in [-0.25, -0.2) is 0 Å². The van der Waals surface area contributed by atoms with E-state index in [1.165, 1.54) is 5.56 Å². The summed E-state index contributed by atoms with van der Waals surface area (Å²) >= 11 is 1.67. The van der Waals surface area contributed by atoms with Crippen molar-refractivity contribution in [1.29, 1.82) is 0 Å². The third-order valence-corrected chi connectivity index (χ3v) is 5.49. The Balaban J connectivity index is 1.80. The summed E-state index contributed by atoms with van der Waals surface area (Å²) in [7, 11) is 0. The van der Waals surface area contributed by atoms with Gasteiger partial charge in [-0.15, -0.1) is 11.8 Å². The molecule has 0 saturated carbocycles. The smallest absolute Gasteiger partial charge is 0.303 e. The molecule has 1 aliphatic rings. The maximum Gasteiger partial charge on any atom is 0.303 e. The molecule has 0 radical (unpaired) electrons. The lowest BCUT2D eigenvalue weighted by atomic mass is 9.93. The Morgan fingerprint density at radius 3 is 2.78 bits per heavy atom. The zero-order chi connectivity index (χ0) is 16.7. The van der Waals surface area contributed by atoms with Crippen LogP contribution in [0.3, 0.4) is 0 Å². The fraction of sp³-hybridized carbons (Fsp3) is 0.556. The summed E-state index contributed by atoms with van der Waals surface area (Å²) < 4.78 is 0. The zero-order valence-corrected chi connectivity index (χ0v) is 14.4. The molecule has 1 amide bonds. The van der Waals surface area contributed by atoms with Gasteiger partial charge in [0.25, 0.3) is 0 Å². The van der Waals surface area contributed by atoms with E-state index < -0.39 is 5.97 Å². The average molecular weight is 335 g/mol. The first-order chi connectivity index (χ1) is 11.1. The van der Waals surface area contributed by atoms with Gasteiger partial charge < -0.3 is 10.0 Å². The molecule has 4 nitrogen and oxygen atoms in total. The van der Waals surface area contributed by atoms with Gasteiger partial charge in [0.15, 0.2) is 0 Å². The van der Waals surface area contributed by atoms with Crippen molar-refractivity contribution in [3.05, 3.63) is 35.9 Å². The van der Waals surface area contributed by atoms with Crippen molar-refractivity contribution < 1.29 is 14.7 Å². The van der Waals surface area contributed by atoms with Gasteiger partial charge in [-0.05, 0) is 37.7 Å². The molecule has 2 unspecified atom stereocenters. The molecule has 0 aromatic heterocycles. The molecule has 1 aliphatic heterocycles. The number of nitrogens with zero attached hydrogens (tertiary/aromatic N) is 1. The quantitative estimate of drug-likeness (QED) is 0.829. The van der Waals surface area contributed by atoms with Gasteiger partial charge in [-0.2, -0.15) is 0 Å². The lowest BCUT2D eigenvalue weighted by Crippen LogP contribution is -2.43. The molecule has 5 heteroatoms. The molecule has 23 heavy (non-hydrogen) atoms. The Morgan fingerprint density at radius 2 is 2.09 bits per heavy atom. The van der Waals surface area contributed by atoms with Crippen LogP contribution in [0, 0.1) is 5.92 Å². The van der Waals surface area contributed by atoms with E-state index in [1.807, 2.05) is 30.0 Å². The van der Waals surface area contributed by atoms with Gasteiger partial charge in [0.2, 0.25) is 5.91 Å². The predicted molar refractivity (Wildman–Crippen MR) is 93.4 cm³/mol. The summed E-state index contributed by atoms with van der Waals surface area (Å²) in [5, 5.41) is 8.74. The van der Waals surface area contributed by atoms with Crippen molar-refractivity contribution in [2.45, 2.75) is 43.6 Å². The first-order valence-corrected chi connectivity index (χ1v) is 9.27. The Kier molecular flexibility index (Phi) is 6.96. The normalized spacial score (nSPS) is 19.3. The second kappa shape index (κ2) is 8.96. The molecule has 0 aliphatic carbocycles. The van der Waals surface area contributed by atoms with Gasteiger partial charge in [0, 0.05) is 25.3 Å². The molecule has 1 heterocycles. The van der Waals surface area contributed by atoms with Crippen LogP contribution in [0.15, 0.2) is 30.3 Å². The number of piperidine rings is 1. The molecular weight excluding hydrogens is 310 g/mol. The number of hydrogen-bond acceptors (Lipinski definition) is 3. The Morgan fingerprint density at radius 1 is 1.35 bits per heavy atom. The summed E-state index contributed by atoms with van der Waals surface area (Å²) in [6.45, 7) is 3.48. The molecule has 0 spiro atoms. The third-order valence-electron chi connectivity index (χ3n) is 4.29. The number of carbonyl (C=O) groups is 2. The topological polar surface area (TPSA) is 57.6 Å². The maximum absolute atomic E-state index is 12.6. The number of rotatable bonds is 7. The van der Waals surface area contributed by atoms with Crippen LogP contribution >= 0.6 is 11.8 Å². The van der Waals surface area contributed by atoms with Gasteiger partial charge in [-0.1, -0.05) is 30.3 Å². The van der Waals surface area contributed by atoms with Crippen LogP contribution in [-0.4, -0.2) is 40.2 Å². The van der Waals surface area contributed by atoms with Gasteiger partial charge in [0.1, 0.15) is 0 Å². The van der Waals surface area contributed by atoms with Crippen molar-refractivity contribution >= 4 is 23.6 Å². The van der Waals surface area contributed by atoms with Crippen LogP contribution in [0.2, 0.25) is 0 Å². The summed E-state index contributed by atoms with van der Waals surface area (Å²) in [5.74, 6) is 0.602. The van der Waals surface area contributed by atoms with E-state index in [0.717, 1.165) is 25.1 Å². The minimum absolute atomic E-state index is 0.0616. The number of carboxylic acid groups (broad SMARTS) is 1. The molecule has 2 rings (SSSR count). The number of likely N-dealkylation sites (tertiary alicyclic amines) is 1. The van der Waals surface area contributed by atoms with Crippen LogP contribution in [0.5, 0.6) is 0 Å². The number of amides is 1. The van der Waals surface area contributed by atoms with Crippen molar-refractivity contribution in [1.82, 2.24) is 4.90 Å². The van der Waals surface area contributed by atoms with Crippen LogP contribution in [0.1, 0.15) is 38.2 Å². The van der Waals surface area contributed by atoms with E-state index >= 15 is 0 Å². The average Bonchev–Trinajstić information content (AvgIpc) is 2.58. The number of thioether (sulfide) groups is 1. The SMILES string of the molecule is CC(SCc1ccccc1)C(=O)N1CCCC(CCC(=O)O)C1. The summed E-state index contributed by atoms with van der Waals surface area (Å²) in [5.41, 5.74) is 1.23. The van der Waals surface area contributed by atoms with E-state index in [4.69, 9.17) is 5.11 Å². The second-order valence-electron chi connectivity index (χ2n) is 6.16. The first kappa shape index (κ1) is 17.9. The van der Waals surface area contributed by atoms with Crippen LogP contribution < -0.4 is 0 Å². The number of carboxylic acids is 1. The number of benzene rings is 1. The minimum atomic E-state index is -0.750. The molecule has 1 N–H and O–H groups in total. The minimum Gasteiger partial charge on any atom is -0.481 e. The third kappa shape index (κ3) is 5.90. The summed E-state index contributed by atoms with van der Waals surface area (Å²) in [6, 6.07) is 10.2. The van der Waals surface area contributed by atoms with Gasteiger partial charge in [-0.3, -0.25) is 9.59 Å². The van der Waals surface area contributed by atoms with Crippen molar-refractivity contribution in [3.63, 3.8) is 0 Å². The predicted octanol–water partition coefficient (Wildman–Crippen LogP) is 3.41. The van der Waals surface area contributed by atoms with E-state index in [2.05, 4.69) is 12.1 Å². The van der Waals surface area contributed by atoms with E-state index in [9.17, 15) is 9.59 Å². The number of hydrogen-bond donors (Lipinski definition) is 1. The van der Waals surface area contributed by atoms with Gasteiger partial charge >= 0.3 is 5.97 Å². The molecule has 0 bridgehead atoms. The largest absolute Gasteiger partial charge is 0.481 e. The monoisotopic (exact) mass is 335 g/mol. The lowest BCUT2D eigenvalue weighted by Gasteiger charge is -2.34. The molecule has 1 aromatic rings. The van der Waals surface area contributed by atoms with Crippen LogP contribution in [0.25, 0.3) is 0 Å². The fourth-order valence-corrected chi connectivity index (χ4v) is 3.88. The molecule has 126 valence electrons. The number of aliphatic carboxylic acids is 1. The van der Waals surface area contributed by atoms with E-state index in [-0.39, 0.29) is 17.6 Å². The second-order valence-corrected chi connectivity index (χ2v) is 7.49. The molecule has 2 atom stereocenters. The van der Waals surface area contributed by atoms with E-state index in [0.29, 0.717) is 18.9 Å². The zero-order valence-electron chi connectivity index (χ0n) is 13.6.